The number of halogens is 1. The number of rotatable bonds is 7. The van der Waals surface area contributed by atoms with Gasteiger partial charge in [-0.15, -0.1) is 0 Å². The molecule has 2 aromatic carbocycles. The third-order valence-electron chi connectivity index (χ3n) is 5.12. The van der Waals surface area contributed by atoms with Gasteiger partial charge in [0.05, 0.1) is 33.1 Å². The second-order valence-corrected chi connectivity index (χ2v) is 7.91. The smallest absolute Gasteiger partial charge is 0.338 e. The van der Waals surface area contributed by atoms with Crippen LogP contribution in [0.25, 0.3) is 17.4 Å². The highest BCUT2D eigenvalue weighted by Gasteiger charge is 2.30. The highest BCUT2D eigenvalue weighted by atomic mass is 35.5. The molecular weight excluding hydrogens is 472 g/mol. The van der Waals surface area contributed by atoms with Crippen molar-refractivity contribution in [3.63, 3.8) is 0 Å². The quantitative estimate of drug-likeness (QED) is 0.268. The van der Waals surface area contributed by atoms with Gasteiger partial charge in [0.2, 0.25) is 0 Å². The van der Waals surface area contributed by atoms with Crippen LogP contribution < -0.4 is 5.01 Å². The molecule has 1 aromatic heterocycles. The van der Waals surface area contributed by atoms with Crippen molar-refractivity contribution in [3.8, 4) is 11.3 Å². The van der Waals surface area contributed by atoms with E-state index in [0.29, 0.717) is 33.9 Å². The van der Waals surface area contributed by atoms with Gasteiger partial charge < -0.3 is 14.3 Å². The topological polar surface area (TPSA) is 109 Å². The number of carbonyl (C=O) groups excluding carboxylic acids is 2. The molecule has 0 radical (unpaired) electrons. The van der Waals surface area contributed by atoms with Crippen molar-refractivity contribution in [2.24, 2.45) is 5.10 Å². The summed E-state index contributed by atoms with van der Waals surface area (Å²) in [4.78, 5) is 36.5. The number of ether oxygens (including phenoxy) is 1. The molecule has 1 aliphatic rings. The number of nitrogens with zero attached hydrogens (tertiary/aromatic N) is 2. The summed E-state index contributed by atoms with van der Waals surface area (Å²) in [6.45, 7) is 5.30. The molecule has 3 aromatic rings. The van der Waals surface area contributed by atoms with E-state index in [-0.39, 0.29) is 22.9 Å². The fourth-order valence-electron chi connectivity index (χ4n) is 3.41. The molecule has 2 heterocycles. The second kappa shape index (κ2) is 9.82. The molecule has 8 nitrogen and oxygen atoms in total. The number of benzene rings is 2. The molecule has 4 rings (SSSR count). The fraction of sp³-hybridized carbons (Fsp3) is 0.0769. The van der Waals surface area contributed by atoms with Crippen LogP contribution in [0.5, 0.6) is 0 Å². The van der Waals surface area contributed by atoms with E-state index in [1.165, 1.54) is 24.3 Å². The minimum Gasteiger partial charge on any atom is -0.478 e. The van der Waals surface area contributed by atoms with Gasteiger partial charge in [0.25, 0.3) is 5.91 Å². The number of anilines is 1. The second-order valence-electron chi connectivity index (χ2n) is 7.50. The van der Waals surface area contributed by atoms with E-state index in [9.17, 15) is 19.5 Å². The van der Waals surface area contributed by atoms with Crippen molar-refractivity contribution in [2.75, 3.05) is 11.6 Å². The van der Waals surface area contributed by atoms with E-state index in [2.05, 4.69) is 11.7 Å². The molecule has 0 fully saturated rings. The van der Waals surface area contributed by atoms with E-state index < -0.39 is 17.8 Å². The molecule has 0 spiro atoms. The van der Waals surface area contributed by atoms with Crippen molar-refractivity contribution in [3.05, 3.63) is 94.7 Å². The zero-order valence-corrected chi connectivity index (χ0v) is 19.3. The van der Waals surface area contributed by atoms with Crippen molar-refractivity contribution in [2.45, 2.75) is 6.92 Å². The molecule has 0 atom stereocenters. The maximum atomic E-state index is 13.0. The fourth-order valence-corrected chi connectivity index (χ4v) is 3.61. The van der Waals surface area contributed by atoms with E-state index in [1.54, 1.807) is 49.4 Å². The summed E-state index contributed by atoms with van der Waals surface area (Å²) in [7, 11) is 0. The lowest BCUT2D eigenvalue weighted by Gasteiger charge is -2.12. The van der Waals surface area contributed by atoms with E-state index >= 15 is 0 Å². The minimum absolute atomic E-state index is 0.0607. The van der Waals surface area contributed by atoms with Gasteiger partial charge in [-0.2, -0.15) is 10.1 Å². The highest BCUT2D eigenvalue weighted by Crippen LogP contribution is 2.30. The van der Waals surface area contributed by atoms with Gasteiger partial charge in [0, 0.05) is 5.56 Å². The maximum Gasteiger partial charge on any atom is 0.338 e. The Labute approximate surface area is 205 Å². The van der Waals surface area contributed by atoms with Crippen molar-refractivity contribution >= 4 is 46.9 Å². The average Bonchev–Trinajstić information content (AvgIpc) is 3.43. The van der Waals surface area contributed by atoms with Gasteiger partial charge in [-0.3, -0.25) is 4.79 Å². The number of hydrogen-bond acceptors (Lipinski definition) is 6. The number of amides is 1. The molecule has 1 N–H and O–H groups in total. The lowest BCUT2D eigenvalue weighted by atomic mass is 10.1. The number of carboxylic acids is 1. The van der Waals surface area contributed by atoms with E-state index in [4.69, 9.17) is 20.8 Å². The first-order chi connectivity index (χ1) is 16.8. The first-order valence-corrected chi connectivity index (χ1v) is 10.8. The molecule has 1 aliphatic heterocycles. The summed E-state index contributed by atoms with van der Waals surface area (Å²) < 4.78 is 11.0. The summed E-state index contributed by atoms with van der Waals surface area (Å²) in [5, 5.41) is 14.7. The third-order valence-corrected chi connectivity index (χ3v) is 5.45. The van der Waals surface area contributed by atoms with E-state index in [0.717, 1.165) is 5.01 Å². The van der Waals surface area contributed by atoms with E-state index in [1.807, 2.05) is 0 Å². The summed E-state index contributed by atoms with van der Waals surface area (Å²) in [6, 6.07) is 14.4. The molecule has 0 unspecified atom stereocenters. The predicted octanol–water partition coefficient (Wildman–Crippen LogP) is 5.45. The lowest BCUT2D eigenvalue weighted by Crippen LogP contribution is -2.21. The Morgan fingerprint density at radius 1 is 1.20 bits per heavy atom. The Morgan fingerprint density at radius 2 is 2.00 bits per heavy atom. The molecular formula is C26H19ClN2O6. The number of hydrogen-bond donors (Lipinski definition) is 1. The van der Waals surface area contributed by atoms with Crippen LogP contribution in [0.15, 0.2) is 82.3 Å². The number of furan rings is 1. The van der Waals surface area contributed by atoms with Gasteiger partial charge in [-0.05, 0) is 55.5 Å². The van der Waals surface area contributed by atoms with Crippen LogP contribution in [0.1, 0.15) is 33.4 Å². The van der Waals surface area contributed by atoms with Crippen LogP contribution in [0.2, 0.25) is 5.02 Å². The van der Waals surface area contributed by atoms with Crippen LogP contribution in [0.4, 0.5) is 5.69 Å². The molecule has 0 bridgehead atoms. The summed E-state index contributed by atoms with van der Waals surface area (Å²) in [5.41, 5.74) is 1.91. The largest absolute Gasteiger partial charge is 0.478 e. The minimum atomic E-state index is -1.21. The van der Waals surface area contributed by atoms with Crippen molar-refractivity contribution < 1.29 is 28.6 Å². The number of hydrazone groups is 1. The number of esters is 1. The normalized spacial score (nSPS) is 14.2. The standard InChI is InChI=1S/C26H19ClN2O6/c1-3-11-34-26(33)17-6-4-5-16(12-17)23-10-8-19(35-23)14-20-15(2)28-29(24(20)30)18-7-9-22(27)21(13-18)25(31)32/h3-10,12-14H,1,11H2,2H3,(H,31,32)/b20-14-. The molecule has 35 heavy (non-hydrogen) atoms. The number of carbonyl (C=O) groups is 3. The first kappa shape index (κ1) is 23.7. The molecule has 176 valence electrons. The zero-order chi connectivity index (χ0) is 25.1. The Morgan fingerprint density at radius 3 is 2.74 bits per heavy atom. The average molecular weight is 491 g/mol. The van der Waals surface area contributed by atoms with Gasteiger partial charge in [-0.1, -0.05) is 36.4 Å². The highest BCUT2D eigenvalue weighted by molar-refractivity contribution is 6.34. The van der Waals surface area contributed by atoms with Gasteiger partial charge in [-0.25, -0.2) is 9.59 Å². The number of aromatic carboxylic acids is 1. The monoisotopic (exact) mass is 490 g/mol. The molecule has 1 amide bonds. The Hall–Kier alpha value is -4.43. The first-order valence-electron chi connectivity index (χ1n) is 10.4. The van der Waals surface area contributed by atoms with Crippen molar-refractivity contribution in [1.29, 1.82) is 0 Å². The Kier molecular flexibility index (Phi) is 6.66. The summed E-state index contributed by atoms with van der Waals surface area (Å²) >= 11 is 5.93. The zero-order valence-electron chi connectivity index (χ0n) is 18.5. The van der Waals surface area contributed by atoms with Gasteiger partial charge in [0.1, 0.15) is 18.1 Å². The predicted molar refractivity (Wildman–Crippen MR) is 132 cm³/mol. The van der Waals surface area contributed by atoms with Crippen LogP contribution >= 0.6 is 11.6 Å². The van der Waals surface area contributed by atoms with Crippen LogP contribution in [-0.4, -0.2) is 35.3 Å². The summed E-state index contributed by atoms with van der Waals surface area (Å²) in [6.07, 6.45) is 3.05. The maximum absolute atomic E-state index is 13.0. The number of carboxylic acid groups (broad SMARTS) is 1. The van der Waals surface area contributed by atoms with Gasteiger partial charge in [0.15, 0.2) is 0 Å². The molecule has 0 saturated carbocycles. The Balaban J connectivity index is 1.58. The molecule has 0 saturated heterocycles. The van der Waals surface area contributed by atoms with Gasteiger partial charge >= 0.3 is 11.9 Å². The summed E-state index contributed by atoms with van der Waals surface area (Å²) in [5.74, 6) is -1.22. The van der Waals surface area contributed by atoms with Crippen LogP contribution in [0, 0.1) is 0 Å². The third kappa shape index (κ3) is 4.92. The molecule has 0 aliphatic carbocycles. The lowest BCUT2D eigenvalue weighted by molar-refractivity contribution is -0.114. The SMILES string of the molecule is C=CCOC(=O)c1cccc(-c2ccc(/C=C3\C(=O)N(c4ccc(Cl)c(C(=O)O)c4)N=C3C)o2)c1. The molecule has 9 heteroatoms. The van der Waals surface area contributed by atoms with Crippen LogP contribution in [-0.2, 0) is 9.53 Å². The Bertz CT molecular complexity index is 1420. The van der Waals surface area contributed by atoms with Crippen molar-refractivity contribution in [1.82, 2.24) is 0 Å². The van der Waals surface area contributed by atoms with Crippen LogP contribution in [0.3, 0.4) is 0 Å².